The molecule has 1 N–H and O–H groups in total. The Bertz CT molecular complexity index is 1090. The van der Waals surface area contributed by atoms with Crippen LogP contribution in [0.5, 0.6) is 0 Å². The van der Waals surface area contributed by atoms with Crippen LogP contribution in [-0.4, -0.2) is 42.9 Å². The number of hydrogen-bond donors (Lipinski definition) is 1. The molecule has 0 aromatic heterocycles. The molecule has 5 nitrogen and oxygen atoms in total. The topological polar surface area (TPSA) is 52.7 Å². The van der Waals surface area contributed by atoms with E-state index in [9.17, 15) is 9.59 Å². The van der Waals surface area contributed by atoms with Crippen molar-refractivity contribution < 1.29 is 9.59 Å². The third-order valence-electron chi connectivity index (χ3n) is 5.78. The number of nitrogens with one attached hydrogen (secondary N) is 1. The van der Waals surface area contributed by atoms with Gasteiger partial charge < -0.3 is 15.1 Å². The summed E-state index contributed by atoms with van der Waals surface area (Å²) in [4.78, 5) is 29.5. The third kappa shape index (κ3) is 5.02. The number of rotatable bonds is 5. The van der Waals surface area contributed by atoms with Crippen LogP contribution in [0.4, 0.5) is 11.4 Å². The highest BCUT2D eigenvalue weighted by Crippen LogP contribution is 2.22. The van der Waals surface area contributed by atoms with E-state index in [1.165, 1.54) is 5.56 Å². The van der Waals surface area contributed by atoms with Crippen molar-refractivity contribution in [2.75, 3.05) is 36.4 Å². The molecule has 1 saturated heterocycles. The lowest BCUT2D eigenvalue weighted by molar-refractivity contribution is 0.0746. The molecule has 1 fully saturated rings. The van der Waals surface area contributed by atoms with E-state index in [1.54, 1.807) is 6.07 Å². The predicted molar refractivity (Wildman–Crippen MR) is 132 cm³/mol. The van der Waals surface area contributed by atoms with Gasteiger partial charge in [0, 0.05) is 47.6 Å². The minimum atomic E-state index is -0.149. The number of aryl methyl sites for hydroxylation is 1. The second-order valence-electron chi connectivity index (χ2n) is 7.81. The van der Waals surface area contributed by atoms with Gasteiger partial charge in [0.1, 0.15) is 0 Å². The van der Waals surface area contributed by atoms with Gasteiger partial charge in [-0.05, 0) is 76.4 Å². The normalized spacial score (nSPS) is 13.7. The van der Waals surface area contributed by atoms with E-state index in [0.29, 0.717) is 18.7 Å². The average Bonchev–Trinajstić information content (AvgIpc) is 2.84. The maximum Gasteiger partial charge on any atom is 0.256 e. The van der Waals surface area contributed by atoms with Crippen LogP contribution >= 0.6 is 15.9 Å². The number of piperazine rings is 1. The first-order chi connectivity index (χ1) is 15.5. The van der Waals surface area contributed by atoms with Crippen molar-refractivity contribution >= 4 is 39.1 Å². The first-order valence-electron chi connectivity index (χ1n) is 10.8. The molecule has 1 aliphatic heterocycles. The molecule has 3 aromatic carbocycles. The zero-order valence-corrected chi connectivity index (χ0v) is 19.6. The van der Waals surface area contributed by atoms with E-state index in [4.69, 9.17) is 0 Å². The Labute approximate surface area is 197 Å². The van der Waals surface area contributed by atoms with Gasteiger partial charge in [-0.15, -0.1) is 0 Å². The summed E-state index contributed by atoms with van der Waals surface area (Å²) in [7, 11) is 0. The smallest absolute Gasteiger partial charge is 0.256 e. The number of carbonyl (C=O) groups is 2. The summed E-state index contributed by atoms with van der Waals surface area (Å²) in [6.07, 6.45) is 0.972. The second kappa shape index (κ2) is 10.0. The fourth-order valence-electron chi connectivity index (χ4n) is 3.83. The SMILES string of the molecule is CCc1ccc(C(=O)N2CCN(c3ccc(NC(=O)c4ccccc4Br)cc3)CC2)cc1. The minimum Gasteiger partial charge on any atom is -0.368 e. The van der Waals surface area contributed by atoms with Crippen molar-refractivity contribution in [3.63, 3.8) is 0 Å². The Hall–Kier alpha value is -3.12. The number of carbonyl (C=O) groups excluding carboxylic acids is 2. The van der Waals surface area contributed by atoms with Crippen LogP contribution < -0.4 is 10.2 Å². The Kier molecular flexibility index (Phi) is 6.90. The van der Waals surface area contributed by atoms with Crippen molar-refractivity contribution in [2.45, 2.75) is 13.3 Å². The van der Waals surface area contributed by atoms with Crippen molar-refractivity contribution in [1.82, 2.24) is 4.90 Å². The molecule has 32 heavy (non-hydrogen) atoms. The Morgan fingerprint density at radius 3 is 2.16 bits per heavy atom. The fraction of sp³-hybridized carbons (Fsp3) is 0.231. The predicted octanol–water partition coefficient (Wildman–Crippen LogP) is 5.23. The highest BCUT2D eigenvalue weighted by molar-refractivity contribution is 9.10. The van der Waals surface area contributed by atoms with Crippen LogP contribution in [0.3, 0.4) is 0 Å². The van der Waals surface area contributed by atoms with Gasteiger partial charge in [0.15, 0.2) is 0 Å². The van der Waals surface area contributed by atoms with Gasteiger partial charge in [-0.1, -0.05) is 31.2 Å². The zero-order valence-electron chi connectivity index (χ0n) is 18.1. The summed E-state index contributed by atoms with van der Waals surface area (Å²) in [5.41, 5.74) is 4.42. The molecule has 0 aliphatic carbocycles. The molecule has 0 bridgehead atoms. The average molecular weight is 492 g/mol. The van der Waals surface area contributed by atoms with E-state index in [0.717, 1.165) is 40.9 Å². The number of nitrogens with zero attached hydrogens (tertiary/aromatic N) is 2. The first kappa shape index (κ1) is 22.1. The van der Waals surface area contributed by atoms with Gasteiger partial charge >= 0.3 is 0 Å². The molecule has 3 aromatic rings. The Balaban J connectivity index is 1.33. The lowest BCUT2D eigenvalue weighted by atomic mass is 10.1. The Morgan fingerprint density at radius 2 is 1.53 bits per heavy atom. The lowest BCUT2D eigenvalue weighted by Gasteiger charge is -2.36. The van der Waals surface area contributed by atoms with Crippen LogP contribution in [-0.2, 0) is 6.42 Å². The van der Waals surface area contributed by atoms with Crippen LogP contribution in [0.1, 0.15) is 33.2 Å². The van der Waals surface area contributed by atoms with Crippen LogP contribution in [0, 0.1) is 0 Å². The van der Waals surface area contributed by atoms with Gasteiger partial charge in [0.05, 0.1) is 5.56 Å². The lowest BCUT2D eigenvalue weighted by Crippen LogP contribution is -2.48. The highest BCUT2D eigenvalue weighted by atomic mass is 79.9. The number of benzene rings is 3. The molecule has 0 saturated carbocycles. The highest BCUT2D eigenvalue weighted by Gasteiger charge is 2.22. The summed E-state index contributed by atoms with van der Waals surface area (Å²) < 4.78 is 0.767. The largest absolute Gasteiger partial charge is 0.368 e. The minimum absolute atomic E-state index is 0.0948. The van der Waals surface area contributed by atoms with E-state index in [2.05, 4.69) is 33.1 Å². The number of amides is 2. The molecule has 164 valence electrons. The zero-order chi connectivity index (χ0) is 22.5. The second-order valence-corrected chi connectivity index (χ2v) is 8.66. The van der Waals surface area contributed by atoms with Gasteiger partial charge in [-0.2, -0.15) is 0 Å². The fourth-order valence-corrected chi connectivity index (χ4v) is 4.30. The number of hydrogen-bond acceptors (Lipinski definition) is 3. The molecule has 0 radical (unpaired) electrons. The molecule has 0 spiro atoms. The molecular weight excluding hydrogens is 466 g/mol. The van der Waals surface area contributed by atoms with Crippen molar-refractivity contribution in [3.8, 4) is 0 Å². The molecule has 0 atom stereocenters. The molecule has 1 aliphatic rings. The first-order valence-corrected chi connectivity index (χ1v) is 11.6. The van der Waals surface area contributed by atoms with E-state index < -0.39 is 0 Å². The monoisotopic (exact) mass is 491 g/mol. The molecule has 0 unspecified atom stereocenters. The summed E-state index contributed by atoms with van der Waals surface area (Å²) >= 11 is 3.41. The third-order valence-corrected chi connectivity index (χ3v) is 6.48. The summed E-state index contributed by atoms with van der Waals surface area (Å²) in [5.74, 6) is -0.0539. The molecule has 6 heteroatoms. The van der Waals surface area contributed by atoms with Crippen molar-refractivity contribution in [3.05, 3.63) is 94.0 Å². The molecule has 1 heterocycles. The maximum absolute atomic E-state index is 12.8. The van der Waals surface area contributed by atoms with Crippen molar-refractivity contribution in [2.24, 2.45) is 0 Å². The number of halogens is 1. The quantitative estimate of drug-likeness (QED) is 0.531. The molecule has 4 rings (SSSR count). The number of anilines is 2. The van der Waals surface area contributed by atoms with E-state index >= 15 is 0 Å². The standard InChI is InChI=1S/C26H26BrN3O2/c1-2-19-7-9-20(10-8-19)26(32)30-17-15-29(16-18-30)22-13-11-21(12-14-22)28-25(31)23-5-3-4-6-24(23)27/h3-14H,2,15-18H2,1H3,(H,28,31). The van der Waals surface area contributed by atoms with Crippen LogP contribution in [0.25, 0.3) is 0 Å². The van der Waals surface area contributed by atoms with Gasteiger partial charge in [0.2, 0.25) is 0 Å². The molecular formula is C26H26BrN3O2. The maximum atomic E-state index is 12.8. The van der Waals surface area contributed by atoms with E-state index in [-0.39, 0.29) is 11.8 Å². The Morgan fingerprint density at radius 1 is 0.875 bits per heavy atom. The molecule has 2 amide bonds. The van der Waals surface area contributed by atoms with Gasteiger partial charge in [0.25, 0.3) is 11.8 Å². The van der Waals surface area contributed by atoms with E-state index in [1.807, 2.05) is 71.6 Å². The summed E-state index contributed by atoms with van der Waals surface area (Å²) in [6.45, 7) is 5.05. The van der Waals surface area contributed by atoms with Gasteiger partial charge in [-0.25, -0.2) is 0 Å². The van der Waals surface area contributed by atoms with Crippen LogP contribution in [0.15, 0.2) is 77.3 Å². The summed E-state index contributed by atoms with van der Waals surface area (Å²) in [5, 5.41) is 2.94. The van der Waals surface area contributed by atoms with Gasteiger partial charge in [-0.3, -0.25) is 9.59 Å². The van der Waals surface area contributed by atoms with Crippen LogP contribution in [0.2, 0.25) is 0 Å². The summed E-state index contributed by atoms with van der Waals surface area (Å²) in [6, 6.07) is 23.1. The van der Waals surface area contributed by atoms with Crippen molar-refractivity contribution in [1.29, 1.82) is 0 Å².